The summed E-state index contributed by atoms with van der Waals surface area (Å²) >= 11 is 13.1. The Labute approximate surface area is 230 Å². The number of nitrogens with one attached hydrogen (secondary N) is 1. The van der Waals surface area contributed by atoms with Crippen molar-refractivity contribution in [3.63, 3.8) is 0 Å². The summed E-state index contributed by atoms with van der Waals surface area (Å²) in [6.07, 6.45) is 7.10. The molecule has 0 aliphatic rings. The SMILES string of the molecule is C=C/C=C(\C=C)c1cc2c(cc1Cl)n(CCCOc1ccc(C)cc1Cl)c(=N)n2CCCN(CC)CC. The van der Waals surface area contributed by atoms with Gasteiger partial charge in [-0.05, 0) is 74.8 Å². The Hall–Kier alpha value is -2.73. The summed E-state index contributed by atoms with van der Waals surface area (Å²) < 4.78 is 10.0. The molecule has 1 N–H and O–H groups in total. The van der Waals surface area contributed by atoms with E-state index in [0.717, 1.165) is 66.8 Å². The third kappa shape index (κ3) is 6.98. The lowest BCUT2D eigenvalue weighted by Gasteiger charge is -2.18. The third-order valence-electron chi connectivity index (χ3n) is 6.61. The first-order valence-electron chi connectivity index (χ1n) is 12.9. The van der Waals surface area contributed by atoms with Crippen molar-refractivity contribution in [1.82, 2.24) is 14.0 Å². The molecule has 2 aromatic carbocycles. The van der Waals surface area contributed by atoms with Crippen LogP contribution in [0.3, 0.4) is 0 Å². The van der Waals surface area contributed by atoms with Crippen LogP contribution >= 0.6 is 23.2 Å². The lowest BCUT2D eigenvalue weighted by molar-refractivity contribution is 0.291. The van der Waals surface area contributed by atoms with Gasteiger partial charge >= 0.3 is 0 Å². The largest absolute Gasteiger partial charge is 0.492 e. The number of rotatable bonds is 14. The second-order valence-corrected chi connectivity index (χ2v) is 9.84. The molecular weight excluding hydrogens is 503 g/mol. The average molecular weight is 542 g/mol. The van der Waals surface area contributed by atoms with Crippen molar-refractivity contribution in [2.75, 3.05) is 26.2 Å². The molecular formula is C30H38Cl2N4O. The summed E-state index contributed by atoms with van der Waals surface area (Å²) in [6.45, 7) is 19.1. The van der Waals surface area contributed by atoms with Crippen molar-refractivity contribution in [2.45, 2.75) is 46.7 Å². The molecule has 0 saturated heterocycles. The van der Waals surface area contributed by atoms with Crippen LogP contribution in [0.15, 0.2) is 61.7 Å². The fourth-order valence-electron chi connectivity index (χ4n) is 4.55. The number of hydrogen-bond donors (Lipinski definition) is 1. The van der Waals surface area contributed by atoms with Crippen molar-refractivity contribution in [2.24, 2.45) is 0 Å². The van der Waals surface area contributed by atoms with Crippen molar-refractivity contribution in [3.05, 3.63) is 88.5 Å². The Morgan fingerprint density at radius 3 is 2.30 bits per heavy atom. The molecule has 198 valence electrons. The van der Waals surface area contributed by atoms with Gasteiger partial charge in [0.2, 0.25) is 5.62 Å². The summed E-state index contributed by atoms with van der Waals surface area (Å²) in [5.41, 5.74) is 5.28. The summed E-state index contributed by atoms with van der Waals surface area (Å²) in [6, 6.07) is 9.82. The molecule has 0 radical (unpaired) electrons. The Kier molecular flexibility index (Phi) is 10.7. The van der Waals surface area contributed by atoms with Gasteiger partial charge in [0.25, 0.3) is 0 Å². The van der Waals surface area contributed by atoms with Gasteiger partial charge in [0, 0.05) is 18.7 Å². The van der Waals surface area contributed by atoms with Crippen LogP contribution in [0.25, 0.3) is 16.6 Å². The fraction of sp³-hybridized carbons (Fsp3) is 0.367. The summed E-state index contributed by atoms with van der Waals surface area (Å²) in [5, 5.41) is 10.3. The number of nitrogens with zero attached hydrogens (tertiary/aromatic N) is 3. The van der Waals surface area contributed by atoms with E-state index in [1.54, 1.807) is 12.2 Å². The molecule has 0 unspecified atom stereocenters. The molecule has 7 heteroatoms. The van der Waals surface area contributed by atoms with Crippen LogP contribution in [0.5, 0.6) is 5.75 Å². The minimum atomic E-state index is 0.462. The monoisotopic (exact) mass is 540 g/mol. The second kappa shape index (κ2) is 13.7. The molecule has 0 aliphatic heterocycles. The molecule has 0 saturated carbocycles. The predicted molar refractivity (Wildman–Crippen MR) is 158 cm³/mol. The van der Waals surface area contributed by atoms with E-state index >= 15 is 0 Å². The molecule has 0 bridgehead atoms. The first-order valence-corrected chi connectivity index (χ1v) is 13.6. The van der Waals surface area contributed by atoms with Gasteiger partial charge in [-0.1, -0.05) is 74.5 Å². The van der Waals surface area contributed by atoms with Crippen LogP contribution in [-0.2, 0) is 13.1 Å². The van der Waals surface area contributed by atoms with Gasteiger partial charge in [0.05, 0.1) is 27.7 Å². The number of halogens is 2. The van der Waals surface area contributed by atoms with Gasteiger partial charge in [-0.25, -0.2) is 0 Å². The highest BCUT2D eigenvalue weighted by Gasteiger charge is 2.16. The van der Waals surface area contributed by atoms with Gasteiger partial charge in [-0.3, -0.25) is 5.41 Å². The summed E-state index contributed by atoms with van der Waals surface area (Å²) in [5.74, 6) is 0.681. The lowest BCUT2D eigenvalue weighted by atomic mass is 10.0. The number of fused-ring (bicyclic) bond motifs is 1. The lowest BCUT2D eigenvalue weighted by Crippen LogP contribution is -2.28. The fourth-order valence-corrected chi connectivity index (χ4v) is 5.10. The minimum Gasteiger partial charge on any atom is -0.492 e. The van der Waals surface area contributed by atoms with Crippen molar-refractivity contribution in [1.29, 1.82) is 5.41 Å². The van der Waals surface area contributed by atoms with Gasteiger partial charge in [0.1, 0.15) is 5.75 Å². The molecule has 0 amide bonds. The number of aromatic nitrogens is 2. The third-order valence-corrected chi connectivity index (χ3v) is 7.22. The Bertz CT molecular complexity index is 1330. The first kappa shape index (κ1) is 28.8. The maximum atomic E-state index is 9.04. The molecule has 0 atom stereocenters. The molecule has 3 aromatic rings. The number of benzene rings is 2. The van der Waals surface area contributed by atoms with Gasteiger partial charge in [-0.2, -0.15) is 0 Å². The second-order valence-electron chi connectivity index (χ2n) is 9.03. The zero-order valence-electron chi connectivity index (χ0n) is 22.2. The quantitative estimate of drug-likeness (QED) is 0.170. The zero-order chi connectivity index (χ0) is 26.9. The van der Waals surface area contributed by atoms with Crippen LogP contribution in [0.4, 0.5) is 0 Å². The number of hydrogen-bond acceptors (Lipinski definition) is 3. The number of imidazole rings is 1. The van der Waals surface area contributed by atoms with Gasteiger partial charge < -0.3 is 18.8 Å². The van der Waals surface area contributed by atoms with E-state index in [-0.39, 0.29) is 0 Å². The van der Waals surface area contributed by atoms with E-state index in [4.69, 9.17) is 33.3 Å². The minimum absolute atomic E-state index is 0.462. The highest BCUT2D eigenvalue weighted by molar-refractivity contribution is 6.33. The van der Waals surface area contributed by atoms with Crippen LogP contribution in [0, 0.1) is 12.3 Å². The highest BCUT2D eigenvalue weighted by Crippen LogP contribution is 2.30. The van der Waals surface area contributed by atoms with Crippen molar-refractivity contribution in [3.8, 4) is 5.75 Å². The highest BCUT2D eigenvalue weighted by atomic mass is 35.5. The van der Waals surface area contributed by atoms with E-state index in [9.17, 15) is 0 Å². The number of allylic oxidation sites excluding steroid dienone is 4. The Morgan fingerprint density at radius 2 is 1.68 bits per heavy atom. The van der Waals surface area contributed by atoms with Crippen molar-refractivity contribution < 1.29 is 4.74 Å². The van der Waals surface area contributed by atoms with E-state index in [0.29, 0.717) is 34.6 Å². The molecule has 0 fully saturated rings. The van der Waals surface area contributed by atoms with Crippen LogP contribution < -0.4 is 10.4 Å². The first-order chi connectivity index (χ1) is 17.8. The summed E-state index contributed by atoms with van der Waals surface area (Å²) in [4.78, 5) is 2.40. The van der Waals surface area contributed by atoms with Crippen molar-refractivity contribution >= 4 is 39.8 Å². The van der Waals surface area contributed by atoms with Crippen LogP contribution in [0.1, 0.15) is 37.8 Å². The van der Waals surface area contributed by atoms with Gasteiger partial charge in [-0.15, -0.1) is 0 Å². The number of aryl methyl sites for hydroxylation is 3. The van der Waals surface area contributed by atoms with E-state index < -0.39 is 0 Å². The normalized spacial score (nSPS) is 11.9. The van der Waals surface area contributed by atoms with E-state index in [2.05, 4.69) is 42.5 Å². The van der Waals surface area contributed by atoms with E-state index in [1.165, 1.54) is 0 Å². The summed E-state index contributed by atoms with van der Waals surface area (Å²) in [7, 11) is 0. The standard InChI is InChI=1S/C30H38Cl2N4O/c1-6-12-23(7-2)24-20-27-28(21-25(24)31)36(30(33)35(27)16-10-15-34(8-3)9-4)17-11-18-37-29-14-13-22(5)19-26(29)32/h6-7,12-14,19-21,33H,1-2,8-11,15-18H2,3-5H3/b23-12+,33-30?. The number of ether oxygens (including phenoxy) is 1. The molecule has 1 aromatic heterocycles. The molecule has 1 heterocycles. The van der Waals surface area contributed by atoms with Gasteiger partial charge in [0.15, 0.2) is 0 Å². The van der Waals surface area contributed by atoms with Crippen LogP contribution in [0.2, 0.25) is 10.0 Å². The molecule has 3 rings (SSSR count). The van der Waals surface area contributed by atoms with E-state index in [1.807, 2.05) is 41.8 Å². The molecule has 0 spiro atoms. The molecule has 37 heavy (non-hydrogen) atoms. The topological polar surface area (TPSA) is 46.2 Å². The molecule has 0 aliphatic carbocycles. The Morgan fingerprint density at radius 1 is 1.00 bits per heavy atom. The maximum Gasteiger partial charge on any atom is 0.202 e. The zero-order valence-corrected chi connectivity index (χ0v) is 23.7. The van der Waals surface area contributed by atoms with Crippen LogP contribution in [-0.4, -0.2) is 40.3 Å². The Balaban J connectivity index is 1.91. The maximum absolute atomic E-state index is 9.04. The smallest absolute Gasteiger partial charge is 0.202 e. The average Bonchev–Trinajstić information content (AvgIpc) is 3.13. The predicted octanol–water partition coefficient (Wildman–Crippen LogP) is 7.49. The molecule has 5 nitrogen and oxygen atoms in total.